The number of rotatable bonds is 2. The van der Waals surface area contributed by atoms with Crippen molar-refractivity contribution in [1.82, 2.24) is 14.8 Å². The maximum absolute atomic E-state index is 11.0. The van der Waals surface area contributed by atoms with E-state index in [1.165, 1.54) is 22.2 Å². The summed E-state index contributed by atoms with van der Waals surface area (Å²) >= 11 is 1.46. The zero-order chi connectivity index (χ0) is 11.9. The van der Waals surface area contributed by atoms with Crippen LogP contribution in [-0.2, 0) is 7.05 Å². The maximum Gasteiger partial charge on any atom is 1.00 e. The Morgan fingerprint density at radius 2 is 2.12 bits per heavy atom. The van der Waals surface area contributed by atoms with Crippen molar-refractivity contribution in [1.29, 1.82) is 0 Å². The van der Waals surface area contributed by atoms with Crippen molar-refractivity contribution < 1.29 is 39.5 Å². The number of carbonyl (C=O) groups is 1. The Kier molecular flexibility index (Phi) is 4.48. The van der Waals surface area contributed by atoms with E-state index >= 15 is 0 Å². The van der Waals surface area contributed by atoms with Gasteiger partial charge in [0.1, 0.15) is 5.01 Å². The largest absolute Gasteiger partial charge is 1.00 e. The van der Waals surface area contributed by atoms with E-state index in [0.717, 1.165) is 10.6 Å². The quantitative estimate of drug-likeness (QED) is 0.560. The summed E-state index contributed by atoms with van der Waals surface area (Å²) < 4.78 is 1.29. The van der Waals surface area contributed by atoms with Gasteiger partial charge in [-0.05, 0) is 13.8 Å². The first-order valence-corrected chi connectivity index (χ1v) is 5.50. The van der Waals surface area contributed by atoms with Crippen LogP contribution in [0.4, 0.5) is 0 Å². The van der Waals surface area contributed by atoms with Crippen LogP contribution in [0, 0.1) is 13.8 Å². The summed E-state index contributed by atoms with van der Waals surface area (Å²) in [4.78, 5) is 16.4. The summed E-state index contributed by atoms with van der Waals surface area (Å²) in [7, 11) is 1.57. The van der Waals surface area contributed by atoms with Crippen molar-refractivity contribution in [2.45, 2.75) is 13.8 Å². The second kappa shape index (κ2) is 5.30. The number of carboxylic acid groups (broad SMARTS) is 1. The van der Waals surface area contributed by atoms with Crippen LogP contribution in [0.25, 0.3) is 10.6 Å². The van der Waals surface area contributed by atoms with Gasteiger partial charge in [0.2, 0.25) is 0 Å². The normalized spacial score (nSPS) is 10.1. The van der Waals surface area contributed by atoms with E-state index in [1.54, 1.807) is 7.05 Å². The molecule has 0 amide bonds. The summed E-state index contributed by atoms with van der Waals surface area (Å²) in [6.07, 6.45) is 1.50. The van der Waals surface area contributed by atoms with Crippen LogP contribution in [0.5, 0.6) is 0 Å². The Bertz CT molecular complexity index is 542. The van der Waals surface area contributed by atoms with Gasteiger partial charge in [-0.2, -0.15) is 5.10 Å². The van der Waals surface area contributed by atoms with Gasteiger partial charge in [0.15, 0.2) is 0 Å². The molecule has 0 saturated carbocycles. The minimum Gasteiger partial charge on any atom is -0.543 e. The van der Waals surface area contributed by atoms with Crippen LogP contribution < -0.4 is 34.7 Å². The predicted octanol–water partition coefficient (Wildman–Crippen LogP) is -2.47. The molecule has 0 bridgehead atoms. The zero-order valence-electron chi connectivity index (χ0n) is 10.1. The predicted molar refractivity (Wildman–Crippen MR) is 58.1 cm³/mol. The second-order valence-corrected chi connectivity index (χ2v) is 4.68. The Labute approximate surface area is 125 Å². The number of thiazole rings is 1. The van der Waals surface area contributed by atoms with E-state index in [1.807, 2.05) is 13.8 Å². The van der Waals surface area contributed by atoms with Gasteiger partial charge in [-0.15, -0.1) is 11.3 Å². The van der Waals surface area contributed by atoms with Gasteiger partial charge >= 0.3 is 29.6 Å². The van der Waals surface area contributed by atoms with Crippen molar-refractivity contribution in [3.8, 4) is 10.6 Å². The Morgan fingerprint density at radius 1 is 1.47 bits per heavy atom. The molecule has 0 fully saturated rings. The van der Waals surface area contributed by atoms with E-state index in [4.69, 9.17) is 0 Å². The van der Waals surface area contributed by atoms with Gasteiger partial charge in [-0.25, -0.2) is 4.98 Å². The average molecular weight is 259 g/mol. The third-order valence-electron chi connectivity index (χ3n) is 2.39. The van der Waals surface area contributed by atoms with Crippen LogP contribution >= 0.6 is 11.3 Å². The van der Waals surface area contributed by atoms with E-state index in [0.29, 0.717) is 10.6 Å². The molecule has 5 nitrogen and oxygen atoms in total. The number of carbonyl (C=O) groups excluding carboxylic acids is 1. The second-order valence-electron chi connectivity index (χ2n) is 3.48. The van der Waals surface area contributed by atoms with Crippen molar-refractivity contribution in [2.24, 2.45) is 7.05 Å². The smallest absolute Gasteiger partial charge is 0.543 e. The van der Waals surface area contributed by atoms with Crippen molar-refractivity contribution in [3.05, 3.63) is 22.5 Å². The van der Waals surface area contributed by atoms with Gasteiger partial charge in [-0.3, -0.25) is 4.68 Å². The summed E-state index contributed by atoms with van der Waals surface area (Å²) in [6.45, 7) is 3.84. The van der Waals surface area contributed by atoms with Crippen LogP contribution in [0.3, 0.4) is 0 Å². The van der Waals surface area contributed by atoms with E-state index in [-0.39, 0.29) is 35.3 Å². The number of aromatic nitrogens is 3. The molecule has 0 aliphatic heterocycles. The summed E-state index contributed by atoms with van der Waals surface area (Å²) in [5.74, 6) is -1.24. The fourth-order valence-corrected chi connectivity index (χ4v) is 2.35. The SMILES string of the molecule is Cc1nc(-c2cnn(C)c2C(=O)[O-])sc1C.[Na+]. The molecule has 17 heavy (non-hydrogen) atoms. The zero-order valence-corrected chi connectivity index (χ0v) is 13.0. The molecule has 2 heterocycles. The van der Waals surface area contributed by atoms with Gasteiger partial charge in [0.05, 0.1) is 29.1 Å². The van der Waals surface area contributed by atoms with E-state index < -0.39 is 5.97 Å². The summed E-state index contributed by atoms with van der Waals surface area (Å²) in [6, 6.07) is 0. The van der Waals surface area contributed by atoms with Crippen molar-refractivity contribution in [2.75, 3.05) is 0 Å². The molecule has 0 aliphatic rings. The summed E-state index contributed by atoms with van der Waals surface area (Å²) in [5.41, 5.74) is 1.49. The number of aryl methyl sites for hydroxylation is 3. The first-order chi connectivity index (χ1) is 7.50. The Balaban J connectivity index is 0.00000144. The molecule has 84 valence electrons. The number of hydrogen-bond acceptors (Lipinski definition) is 5. The van der Waals surface area contributed by atoms with Gasteiger partial charge < -0.3 is 9.90 Å². The molecule has 0 atom stereocenters. The average Bonchev–Trinajstić information content (AvgIpc) is 2.71. The van der Waals surface area contributed by atoms with Crippen LogP contribution in [0.15, 0.2) is 6.20 Å². The minimum absolute atomic E-state index is 0. The fourth-order valence-electron chi connectivity index (χ4n) is 1.42. The molecule has 7 heteroatoms. The number of hydrogen-bond donors (Lipinski definition) is 0. The molecule has 2 rings (SSSR count). The molecule has 0 saturated heterocycles. The standard InChI is InChI=1S/C10H11N3O2S.Na/c1-5-6(2)16-9(12-5)7-4-11-13(3)8(7)10(14)15;/h4H,1-3H3,(H,14,15);/q;+1/p-1. The molecular formula is C10H10N3NaO2S. The third-order valence-corrected chi connectivity index (χ3v) is 3.50. The number of carboxylic acids is 1. The Hall–Kier alpha value is -0.690. The molecule has 0 aliphatic carbocycles. The molecule has 0 N–H and O–H groups in total. The van der Waals surface area contributed by atoms with Crippen LogP contribution in [0.2, 0.25) is 0 Å². The molecule has 2 aromatic rings. The van der Waals surface area contributed by atoms with Crippen molar-refractivity contribution in [3.63, 3.8) is 0 Å². The molecular weight excluding hydrogens is 249 g/mol. The monoisotopic (exact) mass is 259 g/mol. The van der Waals surface area contributed by atoms with Gasteiger partial charge in [0, 0.05) is 11.9 Å². The first-order valence-electron chi connectivity index (χ1n) is 4.68. The van der Waals surface area contributed by atoms with E-state index in [9.17, 15) is 9.90 Å². The fraction of sp³-hybridized carbons (Fsp3) is 0.300. The number of aromatic carboxylic acids is 1. The third kappa shape index (κ3) is 2.60. The minimum atomic E-state index is -1.24. The molecule has 0 aromatic carbocycles. The van der Waals surface area contributed by atoms with Crippen LogP contribution in [-0.4, -0.2) is 20.7 Å². The van der Waals surface area contributed by atoms with E-state index in [2.05, 4.69) is 10.1 Å². The van der Waals surface area contributed by atoms with Gasteiger partial charge in [0.25, 0.3) is 0 Å². The summed E-state index contributed by atoms with van der Waals surface area (Å²) in [5, 5.41) is 15.6. The van der Waals surface area contributed by atoms with Crippen molar-refractivity contribution >= 4 is 17.3 Å². The first kappa shape index (κ1) is 14.4. The van der Waals surface area contributed by atoms with Gasteiger partial charge in [-0.1, -0.05) is 0 Å². The molecule has 2 aromatic heterocycles. The van der Waals surface area contributed by atoms with Crippen LogP contribution in [0.1, 0.15) is 21.1 Å². The molecule has 0 unspecified atom stereocenters. The maximum atomic E-state index is 11.0. The molecule has 0 radical (unpaired) electrons. The topological polar surface area (TPSA) is 70.8 Å². The molecule has 0 spiro atoms. The Morgan fingerprint density at radius 3 is 2.59 bits per heavy atom. The number of nitrogens with zero attached hydrogens (tertiary/aromatic N) is 3.